The van der Waals surface area contributed by atoms with Crippen molar-refractivity contribution in [1.29, 1.82) is 0 Å². The van der Waals surface area contributed by atoms with Crippen LogP contribution in [0.15, 0.2) is 4.99 Å². The van der Waals surface area contributed by atoms with Gasteiger partial charge in [-0.3, -0.25) is 19.5 Å². The van der Waals surface area contributed by atoms with E-state index in [-0.39, 0.29) is 41.7 Å². The highest BCUT2D eigenvalue weighted by Crippen LogP contribution is 2.21. The highest BCUT2D eigenvalue weighted by atomic mass is 127. The van der Waals surface area contributed by atoms with Gasteiger partial charge in [0.2, 0.25) is 11.8 Å². The molecule has 2 atom stereocenters. The van der Waals surface area contributed by atoms with Crippen molar-refractivity contribution in [2.75, 3.05) is 65.4 Å². The lowest BCUT2D eigenvalue weighted by molar-refractivity contribution is -0.135. The summed E-state index contributed by atoms with van der Waals surface area (Å²) < 4.78 is 0. The lowest BCUT2D eigenvalue weighted by Crippen LogP contribution is -2.55. The minimum Gasteiger partial charge on any atom is -0.357 e. The average Bonchev–Trinajstić information content (AvgIpc) is 2.70. The maximum absolute atomic E-state index is 12.8. The van der Waals surface area contributed by atoms with Crippen LogP contribution in [0.2, 0.25) is 0 Å². The maximum Gasteiger partial charge on any atom is 0.236 e. The topological polar surface area (TPSA) is 80.3 Å². The van der Waals surface area contributed by atoms with Crippen molar-refractivity contribution in [3.63, 3.8) is 0 Å². The normalized spacial score (nSPS) is 22.8. The van der Waals surface area contributed by atoms with Crippen molar-refractivity contribution in [3.8, 4) is 0 Å². The van der Waals surface area contributed by atoms with Crippen molar-refractivity contribution in [2.45, 2.75) is 41.0 Å². The molecule has 2 rings (SSSR count). The predicted molar refractivity (Wildman–Crippen MR) is 137 cm³/mol. The van der Waals surface area contributed by atoms with Gasteiger partial charge in [0.15, 0.2) is 5.96 Å². The third-order valence-corrected chi connectivity index (χ3v) is 5.78. The summed E-state index contributed by atoms with van der Waals surface area (Å²) >= 11 is 0. The van der Waals surface area contributed by atoms with Crippen LogP contribution in [0.4, 0.5) is 0 Å². The molecule has 0 aliphatic carbocycles. The number of piperazine rings is 1. The Balaban J connectivity index is 0.00000480. The summed E-state index contributed by atoms with van der Waals surface area (Å²) in [5.41, 5.74) is 0. The van der Waals surface area contributed by atoms with Crippen LogP contribution in [-0.4, -0.2) is 97.9 Å². The van der Waals surface area contributed by atoms with Gasteiger partial charge in [0.1, 0.15) is 0 Å². The van der Waals surface area contributed by atoms with E-state index in [1.165, 1.54) is 6.42 Å². The summed E-state index contributed by atoms with van der Waals surface area (Å²) in [7, 11) is 0. The van der Waals surface area contributed by atoms with Crippen molar-refractivity contribution in [2.24, 2.45) is 22.7 Å². The number of rotatable bonds is 7. The highest BCUT2D eigenvalue weighted by molar-refractivity contribution is 14.0. The molecule has 2 aliphatic heterocycles. The Morgan fingerprint density at radius 1 is 1.00 bits per heavy atom. The molecule has 180 valence electrons. The SMILES string of the molecule is CCNC(=NCCNC(=O)C(C)C)N1CCN(CC(=O)N2CC(C)CC(C)C2)CC1.I. The third-order valence-electron chi connectivity index (χ3n) is 5.78. The molecular formula is C22H43IN6O2. The van der Waals surface area contributed by atoms with Gasteiger partial charge < -0.3 is 20.4 Å². The largest absolute Gasteiger partial charge is 0.357 e. The molecule has 2 fully saturated rings. The number of carbonyl (C=O) groups is 2. The number of likely N-dealkylation sites (tertiary alicyclic amines) is 1. The molecule has 0 radical (unpaired) electrons. The number of aliphatic imine (C=N–C) groups is 1. The van der Waals surface area contributed by atoms with Crippen LogP contribution >= 0.6 is 24.0 Å². The first-order valence-corrected chi connectivity index (χ1v) is 11.6. The fourth-order valence-corrected chi connectivity index (χ4v) is 4.25. The number of nitrogens with one attached hydrogen (secondary N) is 2. The first-order valence-electron chi connectivity index (χ1n) is 11.6. The molecule has 2 N–H and O–H groups in total. The van der Waals surface area contributed by atoms with Gasteiger partial charge in [0.25, 0.3) is 0 Å². The Kier molecular flexibility index (Phi) is 12.7. The fraction of sp³-hybridized carbons (Fsp3) is 0.864. The minimum absolute atomic E-state index is 0. The van der Waals surface area contributed by atoms with Crippen molar-refractivity contribution in [1.82, 2.24) is 25.3 Å². The molecule has 31 heavy (non-hydrogen) atoms. The second kappa shape index (κ2) is 14.1. The number of carbonyl (C=O) groups excluding carboxylic acids is 2. The number of amides is 2. The van der Waals surface area contributed by atoms with E-state index >= 15 is 0 Å². The molecule has 2 saturated heterocycles. The van der Waals surface area contributed by atoms with Crippen LogP contribution in [0.25, 0.3) is 0 Å². The van der Waals surface area contributed by atoms with Gasteiger partial charge in [-0.05, 0) is 25.2 Å². The van der Waals surface area contributed by atoms with Crippen LogP contribution in [0.5, 0.6) is 0 Å². The Bertz CT molecular complexity index is 583. The first-order chi connectivity index (χ1) is 14.3. The number of halogens is 1. The molecule has 8 nitrogen and oxygen atoms in total. The van der Waals surface area contributed by atoms with E-state index in [1.54, 1.807) is 0 Å². The molecule has 0 aromatic heterocycles. The predicted octanol–water partition coefficient (Wildman–Crippen LogP) is 1.46. The van der Waals surface area contributed by atoms with Gasteiger partial charge in [-0.1, -0.05) is 27.7 Å². The minimum atomic E-state index is -0.00522. The van der Waals surface area contributed by atoms with Crippen LogP contribution in [-0.2, 0) is 9.59 Å². The van der Waals surface area contributed by atoms with Gasteiger partial charge in [0.05, 0.1) is 13.1 Å². The zero-order chi connectivity index (χ0) is 22.1. The van der Waals surface area contributed by atoms with Crippen LogP contribution in [0, 0.1) is 17.8 Å². The number of nitrogens with zero attached hydrogens (tertiary/aromatic N) is 4. The molecule has 0 saturated carbocycles. The number of piperidine rings is 1. The Labute approximate surface area is 205 Å². The van der Waals surface area contributed by atoms with Crippen molar-refractivity contribution >= 4 is 41.8 Å². The molecule has 2 unspecified atom stereocenters. The lowest BCUT2D eigenvalue weighted by Gasteiger charge is -2.39. The zero-order valence-electron chi connectivity index (χ0n) is 20.0. The summed E-state index contributed by atoms with van der Waals surface area (Å²) in [5.74, 6) is 2.40. The summed E-state index contributed by atoms with van der Waals surface area (Å²) in [4.78, 5) is 35.7. The smallest absolute Gasteiger partial charge is 0.236 e. The monoisotopic (exact) mass is 550 g/mol. The second-order valence-electron chi connectivity index (χ2n) is 9.19. The van der Waals surface area contributed by atoms with Crippen molar-refractivity contribution in [3.05, 3.63) is 0 Å². The molecule has 2 aliphatic rings. The first kappa shape index (κ1) is 27.9. The van der Waals surface area contributed by atoms with Crippen LogP contribution in [0.3, 0.4) is 0 Å². The quantitative estimate of drug-likeness (QED) is 0.217. The van der Waals surface area contributed by atoms with Crippen LogP contribution in [0.1, 0.15) is 41.0 Å². The molecule has 0 bridgehead atoms. The van der Waals surface area contributed by atoms with E-state index in [2.05, 4.69) is 51.1 Å². The number of guanidine groups is 1. The van der Waals surface area contributed by atoms with E-state index < -0.39 is 0 Å². The Morgan fingerprint density at radius 3 is 2.16 bits per heavy atom. The summed E-state index contributed by atoms with van der Waals surface area (Å²) in [6.45, 7) is 18.0. The van der Waals surface area contributed by atoms with Gasteiger partial charge in [-0.15, -0.1) is 24.0 Å². The van der Waals surface area contributed by atoms with E-state index in [4.69, 9.17) is 0 Å². The fourth-order valence-electron chi connectivity index (χ4n) is 4.25. The summed E-state index contributed by atoms with van der Waals surface area (Å²) in [6, 6.07) is 0. The molecule has 2 heterocycles. The zero-order valence-corrected chi connectivity index (χ0v) is 22.4. The Hall–Kier alpha value is -1.10. The second-order valence-corrected chi connectivity index (χ2v) is 9.19. The molecule has 0 spiro atoms. The summed E-state index contributed by atoms with van der Waals surface area (Å²) in [6.07, 6.45) is 1.22. The van der Waals surface area contributed by atoms with E-state index in [1.807, 2.05) is 13.8 Å². The summed E-state index contributed by atoms with van der Waals surface area (Å²) in [5, 5.41) is 6.26. The average molecular weight is 551 g/mol. The van der Waals surface area contributed by atoms with E-state index in [0.29, 0.717) is 31.5 Å². The molecule has 0 aromatic carbocycles. The molecular weight excluding hydrogens is 507 g/mol. The van der Waals surface area contributed by atoms with Crippen molar-refractivity contribution < 1.29 is 9.59 Å². The number of hydrogen-bond acceptors (Lipinski definition) is 4. The van der Waals surface area contributed by atoms with E-state index in [0.717, 1.165) is 51.8 Å². The highest BCUT2D eigenvalue weighted by Gasteiger charge is 2.28. The van der Waals surface area contributed by atoms with Gasteiger partial charge in [-0.25, -0.2) is 0 Å². The third kappa shape index (κ3) is 9.51. The van der Waals surface area contributed by atoms with E-state index in [9.17, 15) is 9.59 Å². The maximum atomic E-state index is 12.8. The molecule has 2 amide bonds. The standard InChI is InChI=1S/C22H42N6O2.HI/c1-6-23-22(25-8-7-24-21(30)17(2)3)27-11-9-26(10-12-27)16-20(29)28-14-18(4)13-19(5)15-28;/h17-19H,6-16H2,1-5H3,(H,23,25)(H,24,30);1H. The molecule has 9 heteroatoms. The lowest BCUT2D eigenvalue weighted by atomic mass is 9.92. The Morgan fingerprint density at radius 2 is 1.61 bits per heavy atom. The van der Waals surface area contributed by atoms with Gasteiger partial charge >= 0.3 is 0 Å². The van der Waals surface area contributed by atoms with Gasteiger partial charge in [0, 0.05) is 58.3 Å². The van der Waals surface area contributed by atoms with Gasteiger partial charge in [-0.2, -0.15) is 0 Å². The molecule has 0 aromatic rings. The van der Waals surface area contributed by atoms with Crippen LogP contribution < -0.4 is 10.6 Å². The number of hydrogen-bond donors (Lipinski definition) is 2.